The highest BCUT2D eigenvalue weighted by Gasteiger charge is 2.14. The van der Waals surface area contributed by atoms with E-state index in [1.807, 2.05) is 0 Å². The molecular formula is C13H20BrN3. The minimum absolute atomic E-state index is 0.615. The first-order valence-electron chi connectivity index (χ1n) is 6.11. The third-order valence-corrected chi connectivity index (χ3v) is 3.63. The minimum atomic E-state index is 0.615. The zero-order valence-corrected chi connectivity index (χ0v) is 12.0. The van der Waals surface area contributed by atoms with Gasteiger partial charge in [0.15, 0.2) is 0 Å². The van der Waals surface area contributed by atoms with Gasteiger partial charge in [-0.3, -0.25) is 0 Å². The molecule has 0 amide bonds. The monoisotopic (exact) mass is 297 g/mol. The Morgan fingerprint density at radius 3 is 2.94 bits per heavy atom. The van der Waals surface area contributed by atoms with E-state index in [9.17, 15) is 0 Å². The molecule has 0 aromatic heterocycles. The number of benzene rings is 1. The number of nitrogens with zero attached hydrogens (tertiary/aromatic N) is 1. The van der Waals surface area contributed by atoms with Crippen LogP contribution in [0.15, 0.2) is 22.7 Å². The molecular weight excluding hydrogens is 278 g/mol. The molecule has 1 saturated heterocycles. The first-order valence-corrected chi connectivity index (χ1v) is 6.90. The normalized spacial score (nSPS) is 19.4. The molecule has 1 aliphatic rings. The predicted octanol–water partition coefficient (Wildman–Crippen LogP) is 2.68. The van der Waals surface area contributed by atoms with E-state index in [4.69, 9.17) is 0 Å². The first kappa shape index (κ1) is 12.7. The van der Waals surface area contributed by atoms with Crippen molar-refractivity contribution in [2.45, 2.75) is 18.9 Å². The van der Waals surface area contributed by atoms with Gasteiger partial charge in [-0.25, -0.2) is 0 Å². The van der Waals surface area contributed by atoms with Crippen LogP contribution in [0.3, 0.4) is 0 Å². The van der Waals surface area contributed by atoms with E-state index in [1.54, 1.807) is 0 Å². The number of anilines is 2. The molecule has 0 aliphatic carbocycles. The lowest BCUT2D eigenvalue weighted by molar-refractivity contribution is 0.633. The predicted molar refractivity (Wildman–Crippen MR) is 78.0 cm³/mol. The van der Waals surface area contributed by atoms with Gasteiger partial charge in [0, 0.05) is 31.2 Å². The summed E-state index contributed by atoms with van der Waals surface area (Å²) in [5, 5.41) is 7.05. The summed E-state index contributed by atoms with van der Waals surface area (Å²) in [6.07, 6.45) is 2.57. The zero-order valence-electron chi connectivity index (χ0n) is 10.5. The molecule has 2 N–H and O–H groups in total. The number of hydrogen-bond acceptors (Lipinski definition) is 3. The van der Waals surface area contributed by atoms with Gasteiger partial charge in [0.2, 0.25) is 0 Å². The third-order valence-electron chi connectivity index (χ3n) is 3.14. The van der Waals surface area contributed by atoms with Crippen LogP contribution in [0.1, 0.15) is 12.8 Å². The number of halogens is 1. The van der Waals surface area contributed by atoms with Crippen LogP contribution in [-0.2, 0) is 0 Å². The summed E-state index contributed by atoms with van der Waals surface area (Å²) < 4.78 is 1.12. The Morgan fingerprint density at radius 1 is 1.47 bits per heavy atom. The lowest BCUT2D eigenvalue weighted by atomic mass is 10.2. The van der Waals surface area contributed by atoms with Crippen molar-refractivity contribution in [1.82, 2.24) is 5.32 Å². The lowest BCUT2D eigenvalue weighted by Gasteiger charge is -2.20. The van der Waals surface area contributed by atoms with Crippen LogP contribution in [0.2, 0.25) is 0 Å². The van der Waals surface area contributed by atoms with Crippen molar-refractivity contribution in [3.8, 4) is 0 Å². The number of nitrogens with one attached hydrogen (secondary N) is 2. The van der Waals surface area contributed by atoms with Gasteiger partial charge in [0.1, 0.15) is 0 Å². The molecule has 3 nitrogen and oxygen atoms in total. The maximum atomic E-state index is 3.54. The Labute approximate surface area is 112 Å². The summed E-state index contributed by atoms with van der Waals surface area (Å²) in [6.45, 7) is 2.16. The molecule has 1 heterocycles. The van der Waals surface area contributed by atoms with Gasteiger partial charge in [-0.15, -0.1) is 0 Å². The van der Waals surface area contributed by atoms with Crippen LogP contribution >= 0.6 is 15.9 Å². The van der Waals surface area contributed by atoms with Crippen molar-refractivity contribution in [3.05, 3.63) is 22.7 Å². The van der Waals surface area contributed by atoms with E-state index in [1.165, 1.54) is 24.2 Å². The van der Waals surface area contributed by atoms with Gasteiger partial charge in [0.25, 0.3) is 0 Å². The van der Waals surface area contributed by atoms with Gasteiger partial charge in [0.05, 0.1) is 11.4 Å². The van der Waals surface area contributed by atoms with Gasteiger partial charge >= 0.3 is 0 Å². The molecule has 17 heavy (non-hydrogen) atoms. The van der Waals surface area contributed by atoms with Crippen LogP contribution in [0.5, 0.6) is 0 Å². The molecule has 1 aliphatic heterocycles. The summed E-state index contributed by atoms with van der Waals surface area (Å²) in [7, 11) is 4.14. The summed E-state index contributed by atoms with van der Waals surface area (Å²) in [6, 6.07) is 6.97. The van der Waals surface area contributed by atoms with E-state index in [2.05, 4.69) is 63.8 Å². The Balaban J connectivity index is 2.04. The summed E-state index contributed by atoms with van der Waals surface area (Å²) in [5.74, 6) is 0. The van der Waals surface area contributed by atoms with Gasteiger partial charge in [-0.2, -0.15) is 0 Å². The molecule has 1 aromatic rings. The van der Waals surface area contributed by atoms with E-state index < -0.39 is 0 Å². The highest BCUT2D eigenvalue weighted by molar-refractivity contribution is 9.10. The maximum Gasteiger partial charge on any atom is 0.0597 e. The fraction of sp³-hybridized carbons (Fsp3) is 0.538. The maximum absolute atomic E-state index is 3.54. The number of rotatable bonds is 4. The van der Waals surface area contributed by atoms with E-state index in [0.29, 0.717) is 6.04 Å². The molecule has 1 unspecified atom stereocenters. The van der Waals surface area contributed by atoms with Crippen molar-refractivity contribution in [3.63, 3.8) is 0 Å². The van der Waals surface area contributed by atoms with Gasteiger partial charge in [-0.05, 0) is 37.6 Å². The summed E-state index contributed by atoms with van der Waals surface area (Å²) >= 11 is 3.52. The molecule has 0 saturated carbocycles. The molecule has 1 aromatic carbocycles. The second-order valence-corrected chi connectivity index (χ2v) is 5.65. The van der Waals surface area contributed by atoms with Crippen LogP contribution < -0.4 is 15.5 Å². The topological polar surface area (TPSA) is 27.3 Å². The Bertz CT molecular complexity index is 373. The summed E-state index contributed by atoms with van der Waals surface area (Å²) in [5.41, 5.74) is 2.42. The average molecular weight is 298 g/mol. The van der Waals surface area contributed by atoms with Crippen LogP contribution in [0, 0.1) is 0 Å². The molecule has 0 bridgehead atoms. The van der Waals surface area contributed by atoms with E-state index in [0.717, 1.165) is 17.6 Å². The van der Waals surface area contributed by atoms with Crippen LogP contribution in [0.25, 0.3) is 0 Å². The Kier molecular flexibility index (Phi) is 4.29. The molecule has 0 spiro atoms. The minimum Gasteiger partial charge on any atom is -0.382 e. The fourth-order valence-corrected chi connectivity index (χ4v) is 2.57. The highest BCUT2D eigenvalue weighted by atomic mass is 79.9. The van der Waals surface area contributed by atoms with Gasteiger partial charge in [-0.1, -0.05) is 15.9 Å². The van der Waals surface area contributed by atoms with E-state index >= 15 is 0 Å². The van der Waals surface area contributed by atoms with Crippen molar-refractivity contribution in [1.29, 1.82) is 0 Å². The van der Waals surface area contributed by atoms with Crippen molar-refractivity contribution >= 4 is 27.3 Å². The average Bonchev–Trinajstić information content (AvgIpc) is 2.78. The molecule has 1 atom stereocenters. The van der Waals surface area contributed by atoms with Crippen LogP contribution in [0.4, 0.5) is 11.4 Å². The highest BCUT2D eigenvalue weighted by Crippen LogP contribution is 2.28. The van der Waals surface area contributed by atoms with Crippen molar-refractivity contribution < 1.29 is 0 Å². The SMILES string of the molecule is CN(C)c1ccc(Br)cc1NCC1CCCN1. The third kappa shape index (κ3) is 3.36. The summed E-state index contributed by atoms with van der Waals surface area (Å²) in [4.78, 5) is 2.14. The smallest absolute Gasteiger partial charge is 0.0597 e. The number of hydrogen-bond donors (Lipinski definition) is 2. The standard InChI is InChI=1S/C13H20BrN3/c1-17(2)13-6-5-10(14)8-12(13)16-9-11-4-3-7-15-11/h5-6,8,11,15-16H,3-4,7,9H2,1-2H3. The Hall–Kier alpha value is -0.740. The molecule has 1 fully saturated rings. The van der Waals surface area contributed by atoms with Crippen LogP contribution in [-0.4, -0.2) is 33.2 Å². The fourth-order valence-electron chi connectivity index (χ4n) is 2.20. The molecule has 94 valence electrons. The lowest BCUT2D eigenvalue weighted by Crippen LogP contribution is -2.29. The zero-order chi connectivity index (χ0) is 12.3. The van der Waals surface area contributed by atoms with Crippen molar-refractivity contribution in [2.24, 2.45) is 0 Å². The van der Waals surface area contributed by atoms with Gasteiger partial charge < -0.3 is 15.5 Å². The van der Waals surface area contributed by atoms with E-state index in [-0.39, 0.29) is 0 Å². The second-order valence-electron chi connectivity index (χ2n) is 4.73. The second kappa shape index (κ2) is 5.74. The Morgan fingerprint density at radius 2 is 2.29 bits per heavy atom. The molecule has 4 heteroatoms. The van der Waals surface area contributed by atoms with Crippen molar-refractivity contribution in [2.75, 3.05) is 37.4 Å². The first-order chi connectivity index (χ1) is 8.16. The quantitative estimate of drug-likeness (QED) is 0.895. The molecule has 0 radical (unpaired) electrons. The largest absolute Gasteiger partial charge is 0.382 e. The molecule has 2 rings (SSSR count).